The highest BCUT2D eigenvalue weighted by Crippen LogP contribution is 2.33. The first-order valence-electron chi connectivity index (χ1n) is 14.3. The molecular formula is C35H36O10. The first-order valence-corrected chi connectivity index (χ1v) is 14.3. The van der Waals surface area contributed by atoms with Crippen molar-refractivity contribution in [1.29, 1.82) is 0 Å². The number of carbonyl (C=O) groups excluding carboxylic acids is 3. The number of hydrogen-bond acceptors (Lipinski definition) is 9. The van der Waals surface area contributed by atoms with Gasteiger partial charge in [-0.1, -0.05) is 37.4 Å². The van der Waals surface area contributed by atoms with E-state index in [-0.39, 0.29) is 18.8 Å². The lowest BCUT2D eigenvalue weighted by atomic mass is 9.94. The van der Waals surface area contributed by atoms with Crippen molar-refractivity contribution < 1.29 is 48.0 Å². The van der Waals surface area contributed by atoms with Crippen LogP contribution in [0.1, 0.15) is 46.4 Å². The van der Waals surface area contributed by atoms with E-state index in [0.29, 0.717) is 78.2 Å². The molecule has 0 aliphatic heterocycles. The molecule has 0 aliphatic rings. The van der Waals surface area contributed by atoms with Crippen molar-refractivity contribution in [2.45, 2.75) is 25.7 Å². The van der Waals surface area contributed by atoms with Gasteiger partial charge in [-0.25, -0.2) is 19.2 Å². The number of methoxy groups -OCH3 is 1. The molecule has 10 nitrogen and oxygen atoms in total. The number of aromatic carboxylic acids is 1. The van der Waals surface area contributed by atoms with E-state index in [4.69, 9.17) is 23.7 Å². The van der Waals surface area contributed by atoms with Crippen LogP contribution >= 0.6 is 0 Å². The summed E-state index contributed by atoms with van der Waals surface area (Å²) in [4.78, 5) is 46.8. The minimum Gasteiger partial charge on any atom is -0.494 e. The van der Waals surface area contributed by atoms with Gasteiger partial charge in [0.25, 0.3) is 0 Å². The number of hydrogen-bond donors (Lipinski definition) is 1. The molecule has 0 atom stereocenters. The van der Waals surface area contributed by atoms with Crippen molar-refractivity contribution in [2.24, 2.45) is 0 Å². The smallest absolute Gasteiger partial charge is 0.338 e. The number of carbonyl (C=O) groups is 4. The monoisotopic (exact) mass is 616 g/mol. The molecule has 0 saturated heterocycles. The molecule has 3 aromatic carbocycles. The van der Waals surface area contributed by atoms with Gasteiger partial charge in [-0.2, -0.15) is 0 Å². The fraction of sp³-hybridized carbons (Fsp3) is 0.257. The van der Waals surface area contributed by atoms with Gasteiger partial charge in [0.05, 0.1) is 44.7 Å². The first kappa shape index (κ1) is 34.1. The van der Waals surface area contributed by atoms with E-state index in [1.807, 2.05) is 0 Å². The van der Waals surface area contributed by atoms with Crippen molar-refractivity contribution in [1.82, 2.24) is 0 Å². The van der Waals surface area contributed by atoms with Gasteiger partial charge in [-0.3, -0.25) is 0 Å². The third-order valence-electron chi connectivity index (χ3n) is 6.56. The zero-order valence-corrected chi connectivity index (χ0v) is 25.1. The van der Waals surface area contributed by atoms with E-state index in [0.717, 1.165) is 12.2 Å². The fourth-order valence-corrected chi connectivity index (χ4v) is 4.26. The van der Waals surface area contributed by atoms with Crippen LogP contribution in [0, 0.1) is 0 Å². The third-order valence-corrected chi connectivity index (χ3v) is 6.56. The van der Waals surface area contributed by atoms with Gasteiger partial charge in [0.15, 0.2) is 0 Å². The van der Waals surface area contributed by atoms with E-state index in [1.165, 1.54) is 13.2 Å². The van der Waals surface area contributed by atoms with Crippen LogP contribution in [0.2, 0.25) is 0 Å². The van der Waals surface area contributed by atoms with E-state index < -0.39 is 23.9 Å². The average molecular weight is 617 g/mol. The van der Waals surface area contributed by atoms with E-state index in [1.54, 1.807) is 54.6 Å². The highest BCUT2D eigenvalue weighted by molar-refractivity contribution is 5.99. The third kappa shape index (κ3) is 10.4. The maximum atomic E-state index is 12.5. The molecule has 3 aromatic rings. The predicted molar refractivity (Wildman–Crippen MR) is 167 cm³/mol. The van der Waals surface area contributed by atoms with Gasteiger partial charge >= 0.3 is 23.9 Å². The van der Waals surface area contributed by atoms with Gasteiger partial charge < -0.3 is 28.8 Å². The summed E-state index contributed by atoms with van der Waals surface area (Å²) < 4.78 is 26.6. The molecule has 236 valence electrons. The number of unbranched alkanes of at least 4 members (excludes halogenated alkanes) is 2. The van der Waals surface area contributed by atoms with Crippen LogP contribution in [0.15, 0.2) is 86.0 Å². The molecule has 45 heavy (non-hydrogen) atoms. The molecule has 0 aromatic heterocycles. The lowest BCUT2D eigenvalue weighted by Gasteiger charge is -2.14. The summed E-state index contributed by atoms with van der Waals surface area (Å²) in [6.07, 6.45) is 4.72. The lowest BCUT2D eigenvalue weighted by molar-refractivity contribution is -0.138. The summed E-state index contributed by atoms with van der Waals surface area (Å²) in [6, 6.07) is 16.9. The maximum absolute atomic E-state index is 12.5. The summed E-state index contributed by atoms with van der Waals surface area (Å²) in [7, 11) is 1.30. The summed E-state index contributed by atoms with van der Waals surface area (Å²) in [6.45, 7) is 7.96. The van der Waals surface area contributed by atoms with E-state index >= 15 is 0 Å². The SMILES string of the molecule is C=CC(=O)OCCCCOc1ccc(C(=O)O)c(-c2ccc(-c3cc(OCCCCOC(=O)C=C)ccc3C(=O)OC)cc2)c1. The Kier molecular flexibility index (Phi) is 13.4. The Morgan fingerprint density at radius 3 is 1.49 bits per heavy atom. The largest absolute Gasteiger partial charge is 0.494 e. The van der Waals surface area contributed by atoms with Crippen LogP contribution in [0.4, 0.5) is 0 Å². The Morgan fingerprint density at radius 1 is 0.644 bits per heavy atom. The molecule has 10 heteroatoms. The Labute approximate surface area is 261 Å². The zero-order chi connectivity index (χ0) is 32.6. The van der Waals surface area contributed by atoms with Gasteiger partial charge in [0.2, 0.25) is 0 Å². The van der Waals surface area contributed by atoms with Crippen molar-refractivity contribution in [3.63, 3.8) is 0 Å². The Morgan fingerprint density at radius 2 is 1.07 bits per heavy atom. The van der Waals surface area contributed by atoms with Crippen LogP contribution in [-0.4, -0.2) is 62.5 Å². The van der Waals surface area contributed by atoms with Crippen LogP contribution in [0.3, 0.4) is 0 Å². The number of ether oxygens (including phenoxy) is 5. The topological polar surface area (TPSA) is 135 Å². The minimum atomic E-state index is -1.08. The van der Waals surface area contributed by atoms with Crippen molar-refractivity contribution in [3.8, 4) is 33.8 Å². The molecule has 0 bridgehead atoms. The van der Waals surface area contributed by atoms with Crippen LogP contribution in [0.5, 0.6) is 11.5 Å². The Bertz CT molecular complexity index is 1510. The van der Waals surface area contributed by atoms with E-state index in [9.17, 15) is 24.3 Å². The first-order chi connectivity index (χ1) is 21.8. The highest BCUT2D eigenvalue weighted by atomic mass is 16.5. The minimum absolute atomic E-state index is 0.108. The molecule has 0 heterocycles. The van der Waals surface area contributed by atoms with Crippen LogP contribution in [-0.2, 0) is 23.8 Å². The molecule has 0 aliphatic carbocycles. The summed E-state index contributed by atoms with van der Waals surface area (Å²) >= 11 is 0. The molecule has 0 saturated carbocycles. The normalized spacial score (nSPS) is 10.3. The molecule has 0 spiro atoms. The highest BCUT2D eigenvalue weighted by Gasteiger charge is 2.17. The Hall–Kier alpha value is -5.38. The Balaban J connectivity index is 1.75. The molecule has 0 amide bonds. The summed E-state index contributed by atoms with van der Waals surface area (Å²) in [5.74, 6) is -1.50. The second kappa shape index (κ2) is 17.7. The van der Waals surface area contributed by atoms with Gasteiger partial charge in [0, 0.05) is 12.2 Å². The number of rotatable bonds is 18. The quantitative estimate of drug-likeness (QED) is 0.0753. The molecule has 0 unspecified atom stereocenters. The maximum Gasteiger partial charge on any atom is 0.338 e. The van der Waals surface area contributed by atoms with E-state index in [2.05, 4.69) is 13.2 Å². The van der Waals surface area contributed by atoms with Gasteiger partial charge in [-0.15, -0.1) is 0 Å². The second-order valence-corrected chi connectivity index (χ2v) is 9.64. The number of carboxylic acid groups (broad SMARTS) is 1. The van der Waals surface area contributed by atoms with Crippen molar-refractivity contribution in [3.05, 3.63) is 97.1 Å². The standard InChI is InChI=1S/C35H36O10/c1-4-32(36)44-20-8-6-18-42-26-14-16-28(34(38)39)30(22-26)24-10-12-25(13-11-24)31-23-27(15-17-29(31)35(40)41-3)43-19-7-9-21-45-33(37)5-2/h4-5,10-17,22-23H,1-2,6-9,18-21H2,3H3,(H,38,39). The van der Waals surface area contributed by atoms with Gasteiger partial charge in [-0.05, 0) is 84.3 Å². The summed E-state index contributed by atoms with van der Waals surface area (Å²) in [5.41, 5.74) is 2.84. The molecule has 0 fully saturated rings. The van der Waals surface area contributed by atoms with Crippen molar-refractivity contribution >= 4 is 23.9 Å². The van der Waals surface area contributed by atoms with Crippen LogP contribution in [0.25, 0.3) is 22.3 Å². The second-order valence-electron chi connectivity index (χ2n) is 9.64. The summed E-state index contributed by atoms with van der Waals surface area (Å²) in [5, 5.41) is 9.82. The molecule has 1 N–H and O–H groups in total. The molecular weight excluding hydrogens is 580 g/mol. The number of carboxylic acids is 1. The number of benzene rings is 3. The van der Waals surface area contributed by atoms with Gasteiger partial charge in [0.1, 0.15) is 11.5 Å². The fourth-order valence-electron chi connectivity index (χ4n) is 4.26. The zero-order valence-electron chi connectivity index (χ0n) is 25.1. The van der Waals surface area contributed by atoms with Crippen molar-refractivity contribution in [2.75, 3.05) is 33.5 Å². The number of esters is 3. The predicted octanol–water partition coefficient (Wildman–Crippen LogP) is 6.28. The average Bonchev–Trinajstić information content (AvgIpc) is 3.06. The lowest BCUT2D eigenvalue weighted by Crippen LogP contribution is -2.06. The van der Waals surface area contributed by atoms with Crippen LogP contribution < -0.4 is 9.47 Å². The molecule has 0 radical (unpaired) electrons. The molecule has 3 rings (SSSR count).